The van der Waals surface area contributed by atoms with Crippen LogP contribution in [0.15, 0.2) is 42.6 Å². The molecule has 0 spiro atoms. The van der Waals surface area contributed by atoms with E-state index in [2.05, 4.69) is 15.4 Å². The highest BCUT2D eigenvalue weighted by Gasteiger charge is 2.35. The van der Waals surface area contributed by atoms with E-state index in [-0.39, 0.29) is 29.6 Å². The van der Waals surface area contributed by atoms with Crippen molar-refractivity contribution >= 4 is 17.5 Å². The van der Waals surface area contributed by atoms with Gasteiger partial charge in [0.1, 0.15) is 5.82 Å². The molecule has 32 heavy (non-hydrogen) atoms. The maximum atomic E-state index is 13.5. The standard InChI is InChI=1S/C21H19ClF4N4O2/c1-12(13-2-3-14(6-7-31)27-10-13)20(32)28-11-16-9-19(21(24,25)26)29-30(16)15-4-5-18(23)17(22)8-15/h2-5,8-10,12,31H,6-7,11H2,1H3,(H,28,32). The molecule has 0 saturated heterocycles. The predicted molar refractivity (Wildman–Crippen MR) is 109 cm³/mol. The number of carbonyl (C=O) groups is 1. The van der Waals surface area contributed by atoms with Gasteiger partial charge in [0, 0.05) is 24.9 Å². The van der Waals surface area contributed by atoms with Gasteiger partial charge < -0.3 is 10.4 Å². The van der Waals surface area contributed by atoms with Crippen LogP contribution in [0.25, 0.3) is 5.69 Å². The molecule has 0 saturated carbocycles. The van der Waals surface area contributed by atoms with E-state index >= 15 is 0 Å². The summed E-state index contributed by atoms with van der Waals surface area (Å²) in [6, 6.07) is 7.62. The minimum Gasteiger partial charge on any atom is -0.396 e. The normalized spacial score (nSPS) is 12.6. The monoisotopic (exact) mass is 470 g/mol. The second-order valence-corrected chi connectivity index (χ2v) is 7.43. The topological polar surface area (TPSA) is 80.0 Å². The Morgan fingerprint density at radius 2 is 2.00 bits per heavy atom. The highest BCUT2D eigenvalue weighted by molar-refractivity contribution is 6.30. The van der Waals surface area contributed by atoms with Crippen LogP contribution >= 0.6 is 11.6 Å². The Labute approximate surface area is 185 Å². The van der Waals surface area contributed by atoms with Crippen molar-refractivity contribution in [2.24, 2.45) is 0 Å². The second kappa shape index (κ2) is 9.66. The Bertz CT molecular complexity index is 1100. The zero-order valence-corrected chi connectivity index (χ0v) is 17.6. The molecule has 0 fully saturated rings. The maximum absolute atomic E-state index is 13.5. The van der Waals surface area contributed by atoms with Gasteiger partial charge in [0.05, 0.1) is 28.9 Å². The molecule has 2 heterocycles. The smallest absolute Gasteiger partial charge is 0.396 e. The van der Waals surface area contributed by atoms with Crippen LogP contribution in [0.5, 0.6) is 0 Å². The summed E-state index contributed by atoms with van der Waals surface area (Å²) >= 11 is 5.75. The van der Waals surface area contributed by atoms with Crippen molar-refractivity contribution < 1.29 is 27.5 Å². The molecule has 2 N–H and O–H groups in total. The molecule has 1 unspecified atom stereocenters. The molecule has 0 aliphatic carbocycles. The van der Waals surface area contributed by atoms with Gasteiger partial charge in [-0.05, 0) is 42.8 Å². The molecular formula is C21H19ClF4N4O2. The first-order valence-electron chi connectivity index (χ1n) is 9.55. The third kappa shape index (κ3) is 5.43. The lowest BCUT2D eigenvalue weighted by atomic mass is 10.0. The van der Waals surface area contributed by atoms with Crippen LogP contribution in [-0.2, 0) is 23.9 Å². The third-order valence-corrected chi connectivity index (χ3v) is 5.06. The number of pyridine rings is 1. The fraction of sp³-hybridized carbons (Fsp3) is 0.286. The summed E-state index contributed by atoms with van der Waals surface area (Å²) in [4.78, 5) is 16.7. The molecule has 0 aliphatic rings. The first kappa shape index (κ1) is 23.7. The number of nitrogens with one attached hydrogen (secondary N) is 1. The first-order chi connectivity index (χ1) is 15.1. The predicted octanol–water partition coefficient (Wildman–Crippen LogP) is 4.03. The number of aromatic nitrogens is 3. The van der Waals surface area contributed by atoms with Gasteiger partial charge in [0.2, 0.25) is 5.91 Å². The van der Waals surface area contributed by atoms with Gasteiger partial charge in [-0.1, -0.05) is 17.7 Å². The number of carbonyl (C=O) groups excluding carboxylic acids is 1. The summed E-state index contributed by atoms with van der Waals surface area (Å²) in [5, 5.41) is 14.8. The first-order valence-corrected chi connectivity index (χ1v) is 9.93. The van der Waals surface area contributed by atoms with E-state index in [4.69, 9.17) is 16.7 Å². The number of rotatable bonds is 7. The molecule has 0 aliphatic heterocycles. The lowest BCUT2D eigenvalue weighted by Gasteiger charge is -2.14. The largest absolute Gasteiger partial charge is 0.435 e. The van der Waals surface area contributed by atoms with Crippen molar-refractivity contribution in [2.45, 2.75) is 32.0 Å². The van der Waals surface area contributed by atoms with E-state index in [0.717, 1.165) is 22.9 Å². The summed E-state index contributed by atoms with van der Waals surface area (Å²) in [6.07, 6.45) is -2.80. The fourth-order valence-electron chi connectivity index (χ4n) is 2.96. The van der Waals surface area contributed by atoms with Gasteiger partial charge in [-0.3, -0.25) is 9.78 Å². The Morgan fingerprint density at radius 1 is 1.25 bits per heavy atom. The molecule has 2 aromatic heterocycles. The highest BCUT2D eigenvalue weighted by Crippen LogP contribution is 2.30. The summed E-state index contributed by atoms with van der Waals surface area (Å²) < 4.78 is 54.0. The summed E-state index contributed by atoms with van der Waals surface area (Å²) in [5.74, 6) is -1.77. The summed E-state index contributed by atoms with van der Waals surface area (Å²) in [7, 11) is 0. The van der Waals surface area contributed by atoms with Gasteiger partial charge in [0.15, 0.2) is 5.69 Å². The number of aliphatic hydroxyl groups excluding tert-OH is 1. The molecule has 3 aromatic rings. The van der Waals surface area contributed by atoms with Gasteiger partial charge >= 0.3 is 6.18 Å². The minimum absolute atomic E-state index is 0.0389. The molecule has 6 nitrogen and oxygen atoms in total. The van der Waals surface area contributed by atoms with Crippen LogP contribution < -0.4 is 5.32 Å². The Kier molecular flexibility index (Phi) is 7.15. The molecule has 1 aromatic carbocycles. The molecular weight excluding hydrogens is 452 g/mol. The van der Waals surface area contributed by atoms with Crippen molar-refractivity contribution in [2.75, 3.05) is 6.61 Å². The van der Waals surface area contributed by atoms with Crippen LogP contribution in [0.2, 0.25) is 5.02 Å². The number of amides is 1. The van der Waals surface area contributed by atoms with Crippen LogP contribution in [0, 0.1) is 5.82 Å². The lowest BCUT2D eigenvalue weighted by Crippen LogP contribution is -2.28. The van der Waals surface area contributed by atoms with E-state index < -0.39 is 29.5 Å². The van der Waals surface area contributed by atoms with Crippen LogP contribution in [0.1, 0.15) is 35.5 Å². The molecule has 3 rings (SSSR count). The Hall–Kier alpha value is -2.98. The number of aliphatic hydroxyl groups is 1. The third-order valence-electron chi connectivity index (χ3n) is 4.77. The molecule has 170 valence electrons. The highest BCUT2D eigenvalue weighted by atomic mass is 35.5. The van der Waals surface area contributed by atoms with E-state index in [9.17, 15) is 22.4 Å². The van der Waals surface area contributed by atoms with Gasteiger partial charge in [-0.2, -0.15) is 18.3 Å². The number of halogens is 5. The average Bonchev–Trinajstić information content (AvgIpc) is 3.19. The van der Waals surface area contributed by atoms with Crippen molar-refractivity contribution in [3.63, 3.8) is 0 Å². The van der Waals surface area contributed by atoms with Crippen LogP contribution in [0.3, 0.4) is 0 Å². The van der Waals surface area contributed by atoms with Gasteiger partial charge in [0.25, 0.3) is 0 Å². The molecule has 0 radical (unpaired) electrons. The number of benzene rings is 1. The molecule has 1 amide bonds. The van der Waals surface area contributed by atoms with Crippen molar-refractivity contribution in [1.29, 1.82) is 0 Å². The van der Waals surface area contributed by atoms with Crippen molar-refractivity contribution in [3.05, 3.63) is 76.1 Å². The Balaban J connectivity index is 1.80. The van der Waals surface area contributed by atoms with Crippen molar-refractivity contribution in [1.82, 2.24) is 20.1 Å². The minimum atomic E-state index is -4.71. The van der Waals surface area contributed by atoms with Gasteiger partial charge in [-0.15, -0.1) is 0 Å². The Morgan fingerprint density at radius 3 is 2.59 bits per heavy atom. The quantitative estimate of drug-likeness (QED) is 0.511. The number of nitrogens with zero attached hydrogens (tertiary/aromatic N) is 3. The van der Waals surface area contributed by atoms with E-state index in [1.54, 1.807) is 19.1 Å². The summed E-state index contributed by atoms with van der Waals surface area (Å²) in [6.45, 7) is 1.34. The number of hydrogen-bond donors (Lipinski definition) is 2. The average molecular weight is 471 g/mol. The molecule has 11 heteroatoms. The van der Waals surface area contributed by atoms with Crippen LogP contribution in [-0.4, -0.2) is 32.4 Å². The van der Waals surface area contributed by atoms with E-state index in [1.807, 2.05) is 0 Å². The molecule has 0 bridgehead atoms. The number of alkyl halides is 3. The lowest BCUT2D eigenvalue weighted by molar-refractivity contribution is -0.141. The SMILES string of the molecule is CC(C(=O)NCc1cc(C(F)(F)F)nn1-c1ccc(F)c(Cl)c1)c1ccc(CCO)nc1. The maximum Gasteiger partial charge on any atom is 0.435 e. The van der Waals surface area contributed by atoms with Crippen molar-refractivity contribution in [3.8, 4) is 5.69 Å². The summed E-state index contributed by atoms with van der Waals surface area (Å²) in [5.41, 5.74) is 0.285. The zero-order valence-electron chi connectivity index (χ0n) is 16.8. The van der Waals surface area contributed by atoms with E-state index in [0.29, 0.717) is 17.7 Å². The number of hydrogen-bond acceptors (Lipinski definition) is 4. The molecule has 1 atom stereocenters. The fourth-order valence-corrected chi connectivity index (χ4v) is 3.14. The van der Waals surface area contributed by atoms with E-state index in [1.165, 1.54) is 12.3 Å². The van der Waals surface area contributed by atoms with Gasteiger partial charge in [-0.25, -0.2) is 9.07 Å². The second-order valence-electron chi connectivity index (χ2n) is 7.02. The zero-order chi connectivity index (χ0) is 23.5. The van der Waals surface area contributed by atoms with Crippen LogP contribution in [0.4, 0.5) is 17.6 Å².